The van der Waals surface area contributed by atoms with Crippen LogP contribution in [-0.2, 0) is 0 Å². The normalized spacial score (nSPS) is 10.4. The first kappa shape index (κ1) is 9.42. The molecule has 14 heavy (non-hydrogen) atoms. The Morgan fingerprint density at radius 1 is 1.50 bits per heavy atom. The van der Waals surface area contributed by atoms with Gasteiger partial charge in [-0.2, -0.15) is 0 Å². The lowest BCUT2D eigenvalue weighted by molar-refractivity contribution is 1.14. The summed E-state index contributed by atoms with van der Waals surface area (Å²) in [4.78, 5) is 18.6. The van der Waals surface area contributed by atoms with Gasteiger partial charge in [-0.1, -0.05) is 0 Å². The molecule has 6 heteroatoms. The number of aromatic nitrogens is 2. The lowest BCUT2D eigenvalue weighted by Crippen LogP contribution is -2.11. The molecule has 0 bridgehead atoms. The van der Waals surface area contributed by atoms with E-state index in [9.17, 15) is 4.79 Å². The zero-order valence-electron chi connectivity index (χ0n) is 6.95. The maximum atomic E-state index is 11.5. The van der Waals surface area contributed by atoms with Crippen molar-refractivity contribution in [2.75, 3.05) is 5.73 Å². The molecule has 4 nitrogen and oxygen atoms in total. The highest BCUT2D eigenvalue weighted by Gasteiger charge is 2.06. The van der Waals surface area contributed by atoms with E-state index in [4.69, 9.17) is 5.73 Å². The molecular formula is C8H6BrN3OS. The quantitative estimate of drug-likeness (QED) is 0.832. The van der Waals surface area contributed by atoms with Crippen molar-refractivity contribution in [3.63, 3.8) is 0 Å². The second-order valence-corrected chi connectivity index (χ2v) is 5.08. The third-order valence-corrected chi connectivity index (χ3v) is 3.31. The van der Waals surface area contributed by atoms with Crippen LogP contribution in [0.2, 0.25) is 0 Å². The Labute approximate surface area is 91.9 Å². The van der Waals surface area contributed by atoms with Crippen LogP contribution in [0.15, 0.2) is 26.9 Å². The topological polar surface area (TPSA) is 71.8 Å². The summed E-state index contributed by atoms with van der Waals surface area (Å²) in [6.07, 6.45) is 1.48. The first-order valence-electron chi connectivity index (χ1n) is 3.77. The van der Waals surface area contributed by atoms with E-state index >= 15 is 0 Å². The molecule has 3 N–H and O–H groups in total. The Morgan fingerprint density at radius 2 is 2.29 bits per heavy atom. The number of nitrogens with one attached hydrogen (secondary N) is 1. The van der Waals surface area contributed by atoms with Crippen molar-refractivity contribution in [1.29, 1.82) is 0 Å². The van der Waals surface area contributed by atoms with Crippen molar-refractivity contribution in [2.24, 2.45) is 0 Å². The number of aromatic amines is 1. The Hall–Kier alpha value is -1.14. The highest BCUT2D eigenvalue weighted by molar-refractivity contribution is 9.11. The van der Waals surface area contributed by atoms with E-state index in [1.165, 1.54) is 17.5 Å². The van der Waals surface area contributed by atoms with Crippen LogP contribution in [0, 0.1) is 0 Å². The van der Waals surface area contributed by atoms with Crippen LogP contribution in [0.4, 0.5) is 5.95 Å². The molecule has 0 saturated heterocycles. The van der Waals surface area contributed by atoms with E-state index in [1.807, 2.05) is 12.1 Å². The smallest absolute Gasteiger partial charge is 0.260 e. The van der Waals surface area contributed by atoms with Gasteiger partial charge in [0.15, 0.2) is 5.95 Å². The van der Waals surface area contributed by atoms with E-state index < -0.39 is 0 Å². The zero-order valence-corrected chi connectivity index (χ0v) is 9.35. The van der Waals surface area contributed by atoms with Crippen LogP contribution in [0.25, 0.3) is 10.4 Å². The number of anilines is 1. The van der Waals surface area contributed by atoms with E-state index in [1.54, 1.807) is 0 Å². The Bertz CT molecular complexity index is 519. The van der Waals surface area contributed by atoms with Crippen LogP contribution in [0.3, 0.4) is 0 Å². The first-order chi connectivity index (χ1) is 6.66. The van der Waals surface area contributed by atoms with Gasteiger partial charge >= 0.3 is 0 Å². The molecule has 0 atom stereocenters. The van der Waals surface area contributed by atoms with Crippen LogP contribution < -0.4 is 11.3 Å². The lowest BCUT2D eigenvalue weighted by Gasteiger charge is -1.95. The molecule has 2 aromatic heterocycles. The number of nitrogens with two attached hydrogens (primary N) is 1. The molecule has 2 heterocycles. The molecule has 0 fully saturated rings. The van der Waals surface area contributed by atoms with Crippen molar-refractivity contribution in [1.82, 2.24) is 9.97 Å². The van der Waals surface area contributed by atoms with Gasteiger partial charge in [0.05, 0.1) is 9.35 Å². The fourth-order valence-electron chi connectivity index (χ4n) is 1.04. The summed E-state index contributed by atoms with van der Waals surface area (Å²) in [5.41, 5.74) is 5.66. The van der Waals surface area contributed by atoms with Gasteiger partial charge in [-0.3, -0.25) is 9.78 Å². The average Bonchev–Trinajstić information content (AvgIpc) is 2.51. The number of thiophene rings is 1. The van der Waals surface area contributed by atoms with Crippen molar-refractivity contribution in [3.05, 3.63) is 32.5 Å². The fourth-order valence-corrected chi connectivity index (χ4v) is 2.44. The number of halogens is 1. The van der Waals surface area contributed by atoms with Crippen LogP contribution in [-0.4, -0.2) is 9.97 Å². The summed E-state index contributed by atoms with van der Waals surface area (Å²) in [6, 6.07) is 3.74. The van der Waals surface area contributed by atoms with Crippen molar-refractivity contribution < 1.29 is 0 Å². The van der Waals surface area contributed by atoms with Gasteiger partial charge in [0.1, 0.15) is 0 Å². The molecule has 0 unspecified atom stereocenters. The Morgan fingerprint density at radius 3 is 2.86 bits per heavy atom. The van der Waals surface area contributed by atoms with Gasteiger partial charge in [0, 0.05) is 11.1 Å². The van der Waals surface area contributed by atoms with Gasteiger partial charge in [0.25, 0.3) is 5.56 Å². The number of rotatable bonds is 1. The molecule has 0 aliphatic carbocycles. The SMILES string of the molecule is Nc1ncc(-c2ccc(Br)s2)c(=O)[nH]1. The van der Waals surface area contributed by atoms with Crippen molar-refractivity contribution in [3.8, 4) is 10.4 Å². The highest BCUT2D eigenvalue weighted by Crippen LogP contribution is 2.28. The van der Waals surface area contributed by atoms with Gasteiger partial charge in [-0.25, -0.2) is 4.98 Å². The zero-order chi connectivity index (χ0) is 10.1. The minimum atomic E-state index is -0.216. The van der Waals surface area contributed by atoms with E-state index in [0.29, 0.717) is 5.56 Å². The molecule has 0 aliphatic rings. The molecule has 72 valence electrons. The molecule has 0 aliphatic heterocycles. The third kappa shape index (κ3) is 1.71. The molecule has 0 spiro atoms. The van der Waals surface area contributed by atoms with E-state index in [0.717, 1.165) is 8.66 Å². The van der Waals surface area contributed by atoms with Gasteiger partial charge < -0.3 is 5.73 Å². The molecular weight excluding hydrogens is 266 g/mol. The van der Waals surface area contributed by atoms with Crippen LogP contribution in [0.1, 0.15) is 0 Å². The summed E-state index contributed by atoms with van der Waals surface area (Å²) in [5, 5.41) is 0. The standard InChI is InChI=1S/C8H6BrN3OS/c9-6-2-1-5(14-6)4-3-11-8(10)12-7(4)13/h1-3H,(H3,10,11,12,13). The van der Waals surface area contributed by atoms with Gasteiger partial charge in [-0.05, 0) is 28.1 Å². The molecule has 0 radical (unpaired) electrons. The minimum Gasteiger partial charge on any atom is -0.369 e. The Kier molecular flexibility index (Phi) is 2.39. The summed E-state index contributed by atoms with van der Waals surface area (Å²) >= 11 is 4.81. The van der Waals surface area contributed by atoms with Crippen LogP contribution in [0.5, 0.6) is 0 Å². The molecule has 2 aromatic rings. The second kappa shape index (κ2) is 3.55. The average molecular weight is 272 g/mol. The number of nitrogen functional groups attached to an aromatic ring is 1. The third-order valence-electron chi connectivity index (χ3n) is 1.66. The maximum absolute atomic E-state index is 11.5. The molecule has 0 aromatic carbocycles. The predicted molar refractivity (Wildman–Crippen MR) is 60.3 cm³/mol. The summed E-state index contributed by atoms with van der Waals surface area (Å²) in [5.74, 6) is 0.134. The lowest BCUT2D eigenvalue weighted by atomic mass is 10.3. The maximum Gasteiger partial charge on any atom is 0.260 e. The van der Waals surface area contributed by atoms with Gasteiger partial charge in [-0.15, -0.1) is 11.3 Å². The largest absolute Gasteiger partial charge is 0.369 e. The van der Waals surface area contributed by atoms with E-state index in [2.05, 4.69) is 25.9 Å². The molecule has 0 amide bonds. The molecule has 2 rings (SSSR count). The Balaban J connectivity index is 2.57. The molecule has 0 saturated carbocycles. The summed E-state index contributed by atoms with van der Waals surface area (Å²) in [6.45, 7) is 0. The monoisotopic (exact) mass is 271 g/mol. The number of hydrogen-bond acceptors (Lipinski definition) is 4. The number of nitrogens with zero attached hydrogens (tertiary/aromatic N) is 1. The second-order valence-electron chi connectivity index (χ2n) is 2.61. The number of H-pyrrole nitrogens is 1. The van der Waals surface area contributed by atoms with E-state index in [-0.39, 0.29) is 11.5 Å². The predicted octanol–water partition coefficient (Wildman–Crippen LogP) is 1.84. The summed E-state index contributed by atoms with van der Waals surface area (Å²) in [7, 11) is 0. The van der Waals surface area contributed by atoms with Crippen molar-refractivity contribution >= 4 is 33.2 Å². The first-order valence-corrected chi connectivity index (χ1v) is 5.38. The fraction of sp³-hybridized carbons (Fsp3) is 0. The summed E-state index contributed by atoms with van der Waals surface area (Å²) < 4.78 is 0.976. The van der Waals surface area contributed by atoms with Crippen LogP contribution >= 0.6 is 27.3 Å². The van der Waals surface area contributed by atoms with Gasteiger partial charge in [0.2, 0.25) is 0 Å². The highest BCUT2D eigenvalue weighted by atomic mass is 79.9. The van der Waals surface area contributed by atoms with Crippen molar-refractivity contribution in [2.45, 2.75) is 0 Å². The minimum absolute atomic E-state index is 0.134. The number of hydrogen-bond donors (Lipinski definition) is 2.